The summed E-state index contributed by atoms with van der Waals surface area (Å²) in [7, 11) is 0. The molecular formula is C37H23N3S. The average Bonchev–Trinajstić information content (AvgIpc) is 3.72. The smallest absolute Gasteiger partial charge is 0.137 e. The molecule has 0 radical (unpaired) electrons. The molecule has 4 heteroatoms. The van der Waals surface area contributed by atoms with Crippen LogP contribution < -0.4 is 0 Å². The van der Waals surface area contributed by atoms with Crippen molar-refractivity contribution in [2.45, 2.75) is 0 Å². The van der Waals surface area contributed by atoms with Gasteiger partial charge in [-0.2, -0.15) is 0 Å². The molecule has 0 bridgehead atoms. The van der Waals surface area contributed by atoms with E-state index in [0.717, 1.165) is 22.6 Å². The van der Waals surface area contributed by atoms with Gasteiger partial charge in [-0.1, -0.05) is 78.9 Å². The van der Waals surface area contributed by atoms with Gasteiger partial charge in [-0.25, -0.2) is 4.98 Å². The van der Waals surface area contributed by atoms with E-state index in [-0.39, 0.29) is 0 Å². The van der Waals surface area contributed by atoms with Crippen LogP contribution in [-0.4, -0.2) is 14.1 Å². The number of para-hydroxylation sites is 1. The van der Waals surface area contributed by atoms with Gasteiger partial charge in [0.15, 0.2) is 0 Å². The molecule has 0 aliphatic carbocycles. The lowest BCUT2D eigenvalue weighted by molar-refractivity contribution is 1.08. The molecule has 9 rings (SSSR count). The first kappa shape index (κ1) is 22.6. The normalized spacial score (nSPS) is 11.9. The van der Waals surface area contributed by atoms with E-state index in [4.69, 9.17) is 4.98 Å². The summed E-state index contributed by atoms with van der Waals surface area (Å²) < 4.78 is 7.25. The Balaban J connectivity index is 1.39. The number of hydrogen-bond donors (Lipinski definition) is 0. The largest absolute Gasteiger partial charge is 0.316 e. The first-order valence-electron chi connectivity index (χ1n) is 13.8. The number of hydrogen-bond acceptors (Lipinski definition) is 2. The van der Waals surface area contributed by atoms with Crippen molar-refractivity contribution in [3.05, 3.63) is 140 Å². The predicted molar refractivity (Wildman–Crippen MR) is 174 cm³/mol. The third-order valence-corrected chi connectivity index (χ3v) is 9.39. The highest BCUT2D eigenvalue weighted by Crippen LogP contribution is 2.43. The molecule has 5 aromatic carbocycles. The summed E-state index contributed by atoms with van der Waals surface area (Å²) in [6, 6.07) is 45.6. The van der Waals surface area contributed by atoms with E-state index in [2.05, 4.69) is 137 Å². The average molecular weight is 542 g/mol. The number of fused-ring (bicyclic) bond motifs is 8. The number of aromatic nitrogens is 3. The molecule has 0 spiro atoms. The molecule has 0 unspecified atom stereocenters. The Hall–Kier alpha value is -5.19. The number of pyridine rings is 1. The van der Waals surface area contributed by atoms with E-state index in [9.17, 15) is 0 Å². The van der Waals surface area contributed by atoms with Crippen molar-refractivity contribution in [3.8, 4) is 22.6 Å². The van der Waals surface area contributed by atoms with Crippen LogP contribution >= 0.6 is 11.3 Å². The van der Waals surface area contributed by atoms with Crippen LogP contribution in [0.25, 0.3) is 75.5 Å². The van der Waals surface area contributed by atoms with Crippen LogP contribution in [0.3, 0.4) is 0 Å². The summed E-state index contributed by atoms with van der Waals surface area (Å²) in [6.07, 6.45) is 4.17. The fourth-order valence-corrected chi connectivity index (χ4v) is 7.52. The highest BCUT2D eigenvalue weighted by Gasteiger charge is 2.20. The molecule has 0 saturated heterocycles. The third kappa shape index (κ3) is 3.35. The lowest BCUT2D eigenvalue weighted by atomic mass is 10.1. The lowest BCUT2D eigenvalue weighted by Gasteiger charge is -2.10. The van der Waals surface area contributed by atoms with Crippen molar-refractivity contribution in [2.75, 3.05) is 0 Å². The molecule has 0 amide bonds. The summed E-state index contributed by atoms with van der Waals surface area (Å²) in [5.74, 6) is 0.923. The zero-order chi connectivity index (χ0) is 26.9. The molecule has 0 saturated carbocycles. The van der Waals surface area contributed by atoms with Gasteiger partial charge in [0.2, 0.25) is 0 Å². The molecule has 9 aromatic rings. The van der Waals surface area contributed by atoms with Gasteiger partial charge in [0.25, 0.3) is 0 Å². The Kier molecular flexibility index (Phi) is 4.77. The van der Waals surface area contributed by atoms with Gasteiger partial charge in [-0.3, -0.25) is 4.57 Å². The maximum atomic E-state index is 5.07. The van der Waals surface area contributed by atoms with Crippen LogP contribution in [0.2, 0.25) is 0 Å². The third-order valence-electron chi connectivity index (χ3n) is 8.20. The minimum Gasteiger partial charge on any atom is -0.316 e. The molecule has 0 aliphatic heterocycles. The van der Waals surface area contributed by atoms with Gasteiger partial charge in [0, 0.05) is 55.3 Å². The molecule has 0 fully saturated rings. The second-order valence-electron chi connectivity index (χ2n) is 10.5. The van der Waals surface area contributed by atoms with Gasteiger partial charge >= 0.3 is 0 Å². The minimum atomic E-state index is 0.923. The SMILES string of the molecule is c1ccc(-c2ccc(-n3c4cc5c(ccn5-c5ccccc5)cc4c4ccc5c6ccccc6sc5c43)nc2)cc1. The Labute approximate surface area is 240 Å². The molecule has 0 atom stereocenters. The second kappa shape index (κ2) is 8.65. The van der Waals surface area contributed by atoms with Gasteiger partial charge in [0.05, 0.1) is 21.3 Å². The monoisotopic (exact) mass is 541 g/mol. The molecular weight excluding hydrogens is 518 g/mol. The molecule has 192 valence electrons. The van der Waals surface area contributed by atoms with E-state index in [1.165, 1.54) is 52.9 Å². The van der Waals surface area contributed by atoms with Crippen LogP contribution in [0.1, 0.15) is 0 Å². The first-order chi connectivity index (χ1) is 20.3. The number of thiophene rings is 1. The van der Waals surface area contributed by atoms with Crippen molar-refractivity contribution in [1.29, 1.82) is 0 Å². The number of benzene rings is 5. The quantitative estimate of drug-likeness (QED) is 0.218. The van der Waals surface area contributed by atoms with Crippen molar-refractivity contribution in [2.24, 2.45) is 0 Å². The predicted octanol–water partition coefficient (Wildman–Crippen LogP) is 10.2. The summed E-state index contributed by atoms with van der Waals surface area (Å²) in [5, 5.41) is 6.32. The van der Waals surface area contributed by atoms with Crippen LogP contribution in [-0.2, 0) is 0 Å². The van der Waals surface area contributed by atoms with Gasteiger partial charge in [-0.05, 0) is 54.1 Å². The fraction of sp³-hybridized carbons (Fsp3) is 0. The molecule has 4 aromatic heterocycles. The Morgan fingerprint density at radius 1 is 0.561 bits per heavy atom. The first-order valence-corrected chi connectivity index (χ1v) is 14.6. The van der Waals surface area contributed by atoms with Crippen molar-refractivity contribution in [3.63, 3.8) is 0 Å². The summed E-state index contributed by atoms with van der Waals surface area (Å²) in [4.78, 5) is 5.07. The Morgan fingerprint density at radius 3 is 2.17 bits per heavy atom. The van der Waals surface area contributed by atoms with Crippen LogP contribution in [0.4, 0.5) is 0 Å². The molecule has 0 N–H and O–H groups in total. The van der Waals surface area contributed by atoms with Gasteiger partial charge < -0.3 is 4.57 Å². The minimum absolute atomic E-state index is 0.923. The molecule has 3 nitrogen and oxygen atoms in total. The Bertz CT molecular complexity index is 2390. The van der Waals surface area contributed by atoms with E-state index in [0.29, 0.717) is 0 Å². The van der Waals surface area contributed by atoms with Crippen molar-refractivity contribution >= 4 is 64.2 Å². The van der Waals surface area contributed by atoms with Crippen LogP contribution in [0, 0.1) is 0 Å². The fourth-order valence-electron chi connectivity index (χ4n) is 6.28. The van der Waals surface area contributed by atoms with Crippen molar-refractivity contribution in [1.82, 2.24) is 14.1 Å². The highest BCUT2D eigenvalue weighted by molar-refractivity contribution is 7.26. The zero-order valence-electron chi connectivity index (χ0n) is 22.0. The molecule has 41 heavy (non-hydrogen) atoms. The maximum absolute atomic E-state index is 5.07. The van der Waals surface area contributed by atoms with Gasteiger partial charge in [-0.15, -0.1) is 11.3 Å². The molecule has 0 aliphatic rings. The van der Waals surface area contributed by atoms with E-state index in [1.54, 1.807) is 0 Å². The van der Waals surface area contributed by atoms with E-state index < -0.39 is 0 Å². The standard InChI is InChI=1S/C37H23N3S/c1-3-9-24(10-4-1)26-15-18-35(38-23-26)40-33-22-32-25(19-20-39(32)27-11-5-2-6-12-27)21-31(33)29-16-17-30-28-13-7-8-14-34(28)41-37(30)36(29)40/h1-23H. The number of rotatable bonds is 3. The van der Waals surface area contributed by atoms with Crippen LogP contribution in [0.15, 0.2) is 140 Å². The summed E-state index contributed by atoms with van der Waals surface area (Å²) >= 11 is 1.87. The Morgan fingerprint density at radius 2 is 1.34 bits per heavy atom. The second-order valence-corrected chi connectivity index (χ2v) is 11.5. The highest BCUT2D eigenvalue weighted by atomic mass is 32.1. The number of nitrogens with zero attached hydrogens (tertiary/aromatic N) is 3. The van der Waals surface area contributed by atoms with Gasteiger partial charge in [0.1, 0.15) is 5.82 Å². The summed E-state index contributed by atoms with van der Waals surface area (Å²) in [5.41, 5.74) is 7.00. The van der Waals surface area contributed by atoms with Crippen LogP contribution in [0.5, 0.6) is 0 Å². The lowest BCUT2D eigenvalue weighted by Crippen LogP contribution is -1.98. The molecule has 4 heterocycles. The van der Waals surface area contributed by atoms with Crippen molar-refractivity contribution < 1.29 is 0 Å². The summed E-state index contributed by atoms with van der Waals surface area (Å²) in [6.45, 7) is 0. The topological polar surface area (TPSA) is 22.8 Å². The van der Waals surface area contributed by atoms with E-state index >= 15 is 0 Å². The van der Waals surface area contributed by atoms with E-state index in [1.807, 2.05) is 23.6 Å². The zero-order valence-corrected chi connectivity index (χ0v) is 22.8. The maximum Gasteiger partial charge on any atom is 0.137 e.